The minimum Gasteiger partial charge on any atom is -0.388 e. The van der Waals surface area contributed by atoms with E-state index in [1.54, 1.807) is 11.3 Å². The Balaban J connectivity index is 1.56. The van der Waals surface area contributed by atoms with Crippen LogP contribution in [0.15, 0.2) is 41.8 Å². The molecule has 3 nitrogen and oxygen atoms in total. The molecule has 2 fully saturated rings. The Labute approximate surface area is 213 Å². The van der Waals surface area contributed by atoms with E-state index in [1.165, 1.54) is 18.6 Å². The molecule has 2 aromatic heterocycles. The van der Waals surface area contributed by atoms with E-state index >= 15 is 0 Å². The number of pyridine rings is 1. The number of thiophene rings is 1. The number of hydrogen-bond donors (Lipinski definition) is 2. The molecule has 0 radical (unpaired) electrons. The second-order valence-corrected chi connectivity index (χ2v) is 11.8. The van der Waals surface area contributed by atoms with Crippen molar-refractivity contribution in [3.63, 3.8) is 0 Å². The Hall–Kier alpha value is -2.22. The molecule has 3 aliphatic rings. The van der Waals surface area contributed by atoms with Crippen molar-refractivity contribution in [2.75, 3.05) is 0 Å². The second-order valence-electron chi connectivity index (χ2n) is 10.9. The van der Waals surface area contributed by atoms with Crippen molar-refractivity contribution in [2.24, 2.45) is 5.41 Å². The molecule has 190 valence electrons. The minimum absolute atomic E-state index is 0.118. The van der Waals surface area contributed by atoms with Crippen LogP contribution >= 0.6 is 11.3 Å². The number of alkyl halides is 3. The van der Waals surface area contributed by atoms with Gasteiger partial charge in [-0.2, -0.15) is 13.2 Å². The first kappa shape index (κ1) is 24.1. The van der Waals surface area contributed by atoms with Crippen LogP contribution < -0.4 is 0 Å². The first-order valence-electron chi connectivity index (χ1n) is 12.9. The second kappa shape index (κ2) is 8.96. The summed E-state index contributed by atoms with van der Waals surface area (Å²) in [7, 11) is 0. The Bertz CT molecular complexity index is 1240. The van der Waals surface area contributed by atoms with E-state index in [9.17, 15) is 23.4 Å². The SMILES string of the molecule is O[C@@H](c1ccc(C(F)(F)F)cc1)c1c(C2CCCC2)nc2c(c1-c1cccs1)[C@@H](O)CC1(CCC1)C2. The molecule has 1 spiro atoms. The van der Waals surface area contributed by atoms with Gasteiger partial charge in [0, 0.05) is 33.2 Å². The smallest absolute Gasteiger partial charge is 0.388 e. The van der Waals surface area contributed by atoms with Crippen LogP contribution in [0.2, 0.25) is 0 Å². The highest BCUT2D eigenvalue weighted by Gasteiger charge is 2.46. The van der Waals surface area contributed by atoms with Crippen LogP contribution in [-0.4, -0.2) is 15.2 Å². The van der Waals surface area contributed by atoms with E-state index in [2.05, 4.69) is 0 Å². The Kier molecular flexibility index (Phi) is 6.01. The predicted octanol–water partition coefficient (Wildman–Crippen LogP) is 7.72. The van der Waals surface area contributed by atoms with Crippen LogP contribution in [0.25, 0.3) is 10.4 Å². The summed E-state index contributed by atoms with van der Waals surface area (Å²) in [5, 5.41) is 25.2. The quantitative estimate of drug-likeness (QED) is 0.376. The lowest BCUT2D eigenvalue weighted by atomic mass is 9.59. The van der Waals surface area contributed by atoms with Crippen molar-refractivity contribution in [3.05, 3.63) is 75.4 Å². The molecule has 7 heteroatoms. The fourth-order valence-electron chi connectivity index (χ4n) is 6.67. The number of aliphatic hydroxyl groups excluding tert-OH is 2. The van der Waals surface area contributed by atoms with Gasteiger partial charge in [0.15, 0.2) is 0 Å². The van der Waals surface area contributed by atoms with E-state index < -0.39 is 23.9 Å². The average Bonchev–Trinajstić information content (AvgIpc) is 3.55. The highest BCUT2D eigenvalue weighted by atomic mass is 32.1. The molecule has 0 amide bonds. The fraction of sp³-hybridized carbons (Fsp3) is 0.483. The van der Waals surface area contributed by atoms with Gasteiger partial charge >= 0.3 is 6.18 Å². The van der Waals surface area contributed by atoms with Crippen molar-refractivity contribution in [3.8, 4) is 10.4 Å². The summed E-state index contributed by atoms with van der Waals surface area (Å²) >= 11 is 1.56. The average molecular weight is 514 g/mol. The monoisotopic (exact) mass is 513 g/mol. The molecule has 1 aromatic carbocycles. The van der Waals surface area contributed by atoms with Gasteiger partial charge in [0.05, 0.1) is 17.4 Å². The van der Waals surface area contributed by atoms with Crippen molar-refractivity contribution >= 4 is 11.3 Å². The zero-order valence-electron chi connectivity index (χ0n) is 20.0. The van der Waals surface area contributed by atoms with Gasteiger partial charge in [0.1, 0.15) is 6.10 Å². The number of nitrogens with zero attached hydrogens (tertiary/aromatic N) is 1. The van der Waals surface area contributed by atoms with E-state index in [-0.39, 0.29) is 11.3 Å². The maximum absolute atomic E-state index is 13.2. The van der Waals surface area contributed by atoms with Crippen LogP contribution in [-0.2, 0) is 12.6 Å². The lowest BCUT2D eigenvalue weighted by molar-refractivity contribution is -0.137. The zero-order chi connectivity index (χ0) is 25.1. The topological polar surface area (TPSA) is 53.4 Å². The molecule has 2 heterocycles. The maximum Gasteiger partial charge on any atom is 0.416 e. The maximum atomic E-state index is 13.2. The van der Waals surface area contributed by atoms with Gasteiger partial charge in [-0.1, -0.05) is 37.5 Å². The Morgan fingerprint density at radius 1 is 1.03 bits per heavy atom. The van der Waals surface area contributed by atoms with Gasteiger partial charge in [0.25, 0.3) is 0 Å². The van der Waals surface area contributed by atoms with Gasteiger partial charge < -0.3 is 10.2 Å². The summed E-state index contributed by atoms with van der Waals surface area (Å²) in [6.07, 6.45) is 2.84. The number of hydrogen-bond acceptors (Lipinski definition) is 4. The summed E-state index contributed by atoms with van der Waals surface area (Å²) in [6, 6.07) is 8.74. The third-order valence-electron chi connectivity index (χ3n) is 8.63. The normalized spacial score (nSPS) is 22.4. The number of benzene rings is 1. The number of aromatic nitrogens is 1. The molecular weight excluding hydrogens is 483 g/mol. The zero-order valence-corrected chi connectivity index (χ0v) is 20.8. The van der Waals surface area contributed by atoms with Gasteiger partial charge in [-0.05, 0) is 73.1 Å². The third-order valence-corrected chi connectivity index (χ3v) is 9.52. The number of halogens is 3. The molecule has 2 N–H and O–H groups in total. The summed E-state index contributed by atoms with van der Waals surface area (Å²) in [4.78, 5) is 6.16. The summed E-state index contributed by atoms with van der Waals surface area (Å²) in [5.74, 6) is 0.199. The molecule has 0 aliphatic heterocycles. The largest absolute Gasteiger partial charge is 0.416 e. The highest BCUT2D eigenvalue weighted by molar-refractivity contribution is 7.13. The number of aliphatic hydroxyl groups is 2. The van der Waals surface area contributed by atoms with Gasteiger partial charge in [-0.3, -0.25) is 4.98 Å². The fourth-order valence-corrected chi connectivity index (χ4v) is 7.47. The van der Waals surface area contributed by atoms with E-state index in [1.807, 2.05) is 17.5 Å². The Morgan fingerprint density at radius 3 is 2.33 bits per heavy atom. The van der Waals surface area contributed by atoms with Crippen LogP contribution in [0.5, 0.6) is 0 Å². The molecule has 6 rings (SSSR count). The van der Waals surface area contributed by atoms with Crippen LogP contribution in [0, 0.1) is 5.41 Å². The number of fused-ring (bicyclic) bond motifs is 1. The standard InChI is InChI=1S/C29H30F3NO2S/c30-29(31,32)19-10-8-18(9-11-19)27(35)25-24(22-7-3-14-36-22)23-20(33-26(25)17-5-1-2-6-17)15-28(12-4-13-28)16-21(23)34/h3,7-11,14,17,21,27,34-35H,1-2,4-6,12-13,15-16H2/t21-,27-/m0/s1. The van der Waals surface area contributed by atoms with Crippen molar-refractivity contribution in [2.45, 2.75) is 82.1 Å². The van der Waals surface area contributed by atoms with Crippen LogP contribution in [0.1, 0.15) is 103 Å². The molecular formula is C29H30F3NO2S. The highest BCUT2D eigenvalue weighted by Crippen LogP contribution is 2.56. The molecule has 0 bridgehead atoms. The van der Waals surface area contributed by atoms with Crippen molar-refractivity contribution in [1.29, 1.82) is 0 Å². The van der Waals surface area contributed by atoms with Crippen molar-refractivity contribution < 1.29 is 23.4 Å². The lowest BCUT2D eigenvalue weighted by Crippen LogP contribution is -2.38. The first-order valence-corrected chi connectivity index (χ1v) is 13.8. The molecule has 3 aliphatic carbocycles. The van der Waals surface area contributed by atoms with Crippen LogP contribution in [0.4, 0.5) is 13.2 Å². The van der Waals surface area contributed by atoms with E-state index in [4.69, 9.17) is 4.98 Å². The summed E-state index contributed by atoms with van der Waals surface area (Å²) in [5.41, 5.74) is 3.90. The summed E-state index contributed by atoms with van der Waals surface area (Å²) < 4.78 is 39.6. The first-order chi connectivity index (χ1) is 17.3. The van der Waals surface area contributed by atoms with Gasteiger partial charge in [-0.15, -0.1) is 11.3 Å². The van der Waals surface area contributed by atoms with E-state index in [0.29, 0.717) is 17.5 Å². The molecule has 0 saturated heterocycles. The van der Waals surface area contributed by atoms with Crippen molar-refractivity contribution in [1.82, 2.24) is 4.98 Å². The van der Waals surface area contributed by atoms with Gasteiger partial charge in [0.2, 0.25) is 0 Å². The predicted molar refractivity (Wildman–Crippen MR) is 134 cm³/mol. The minimum atomic E-state index is -4.43. The molecule has 2 saturated carbocycles. The van der Waals surface area contributed by atoms with E-state index in [0.717, 1.165) is 84.5 Å². The van der Waals surface area contributed by atoms with Crippen LogP contribution in [0.3, 0.4) is 0 Å². The number of rotatable bonds is 4. The summed E-state index contributed by atoms with van der Waals surface area (Å²) in [6.45, 7) is 0. The molecule has 36 heavy (non-hydrogen) atoms. The Morgan fingerprint density at radius 2 is 1.75 bits per heavy atom. The van der Waals surface area contributed by atoms with Gasteiger partial charge in [-0.25, -0.2) is 0 Å². The lowest BCUT2D eigenvalue weighted by Gasteiger charge is -2.47. The molecule has 3 aromatic rings. The third kappa shape index (κ3) is 4.09. The molecule has 2 atom stereocenters. The molecule has 0 unspecified atom stereocenters.